The number of H-pyrrole nitrogens is 1. The third-order valence-corrected chi connectivity index (χ3v) is 9.78. The maximum Gasteiger partial charge on any atom is 0.218 e. The van der Waals surface area contributed by atoms with E-state index in [-0.39, 0.29) is 46.9 Å². The number of carbonyl (C=O) groups is 1. The quantitative estimate of drug-likeness (QED) is 0.265. The number of nitrogens with zero attached hydrogens (tertiary/aromatic N) is 7. The van der Waals surface area contributed by atoms with Crippen LogP contribution in [0.3, 0.4) is 0 Å². The van der Waals surface area contributed by atoms with Crippen molar-refractivity contribution in [3.05, 3.63) is 72.2 Å². The number of aryl methyl sites for hydroxylation is 1. The monoisotopic (exact) mass is 597 g/mol. The normalized spacial score (nSPS) is 20.6. The number of hydrogen-bond acceptors (Lipinski definition) is 10. The Balaban J connectivity index is 1.23. The fourth-order valence-electron chi connectivity index (χ4n) is 6.67. The first-order valence-corrected chi connectivity index (χ1v) is 16.1. The lowest BCUT2D eigenvalue weighted by molar-refractivity contribution is 0.0790. The third kappa shape index (κ3) is 4.87. The van der Waals surface area contributed by atoms with Gasteiger partial charge in [0.1, 0.15) is 16.5 Å². The lowest BCUT2D eigenvalue weighted by Gasteiger charge is -2.38. The van der Waals surface area contributed by atoms with Gasteiger partial charge in [-0.05, 0) is 38.7 Å². The van der Waals surface area contributed by atoms with E-state index in [1.165, 1.54) is 4.52 Å². The van der Waals surface area contributed by atoms with Gasteiger partial charge in [-0.3, -0.25) is 19.8 Å². The molecule has 2 saturated heterocycles. The maximum atomic E-state index is 13.1. The number of aromatic nitrogens is 7. The topological polar surface area (TPSA) is 165 Å². The Morgan fingerprint density at radius 1 is 1.02 bits per heavy atom. The molecule has 0 saturated carbocycles. The molecule has 7 rings (SSSR count). The molecular formula is C30H31N9O3S. The molecule has 220 valence electrons. The molecule has 3 atom stereocenters. The average molecular weight is 598 g/mol. The number of ketones is 1. The highest BCUT2D eigenvalue weighted by atomic mass is 32.2. The first-order valence-electron chi connectivity index (χ1n) is 14.2. The van der Waals surface area contributed by atoms with Gasteiger partial charge in [-0.25, -0.2) is 18.4 Å². The van der Waals surface area contributed by atoms with Gasteiger partial charge in [-0.1, -0.05) is 36.4 Å². The van der Waals surface area contributed by atoms with E-state index in [2.05, 4.69) is 30.2 Å². The van der Waals surface area contributed by atoms with E-state index in [0.717, 1.165) is 35.9 Å². The second-order valence-electron chi connectivity index (χ2n) is 11.5. The van der Waals surface area contributed by atoms with Gasteiger partial charge in [0.15, 0.2) is 15.5 Å². The second kappa shape index (κ2) is 10.3. The summed E-state index contributed by atoms with van der Waals surface area (Å²) in [6.45, 7) is 1.99. The van der Waals surface area contributed by atoms with Gasteiger partial charge in [-0.15, -0.1) is 0 Å². The maximum absolute atomic E-state index is 13.1. The lowest BCUT2D eigenvalue weighted by atomic mass is 9.87. The van der Waals surface area contributed by atoms with Crippen LogP contribution in [0.1, 0.15) is 53.7 Å². The molecule has 0 aliphatic carbocycles. The standard InChI is InChI=1S/C30H31N9O3S/c1-17-34-29(37-36-17)25(40)16-38-21-9-10-22(38)13-20(12-21)26-27(43(2,41)42)28(31)39-30(35-26)23(15-33-39)19-8-11-24(32-14-19)18-6-4-3-5-7-18/h3-8,11,14-15,20-22H,9-10,12-13,16,31H2,1-2H3,(H,34,36,37)/t20?,21-,22+. The third-order valence-electron chi connectivity index (χ3n) is 8.62. The molecule has 2 bridgehead atoms. The highest BCUT2D eigenvalue weighted by Crippen LogP contribution is 2.45. The van der Waals surface area contributed by atoms with Crippen molar-refractivity contribution < 1.29 is 13.2 Å². The van der Waals surface area contributed by atoms with Crippen LogP contribution in [0.5, 0.6) is 0 Å². The molecule has 43 heavy (non-hydrogen) atoms. The number of Topliss-reactive ketones (excluding diaryl/α,β-unsaturated/α-hetero) is 1. The number of nitrogens with two attached hydrogens (primary N) is 1. The predicted octanol–water partition coefficient (Wildman–Crippen LogP) is 3.46. The summed E-state index contributed by atoms with van der Waals surface area (Å²) in [6.07, 6.45) is 7.75. The minimum atomic E-state index is -3.73. The Bertz CT molecular complexity index is 1940. The van der Waals surface area contributed by atoms with Gasteiger partial charge >= 0.3 is 0 Å². The summed E-state index contributed by atoms with van der Waals surface area (Å²) in [7, 11) is -3.73. The molecule has 2 aliphatic rings. The second-order valence-corrected chi connectivity index (χ2v) is 13.4. The molecule has 0 spiro atoms. The summed E-state index contributed by atoms with van der Waals surface area (Å²) >= 11 is 0. The number of benzene rings is 1. The first kappa shape index (κ1) is 27.3. The molecule has 13 heteroatoms. The van der Waals surface area contributed by atoms with Crippen molar-refractivity contribution in [1.82, 2.24) is 39.7 Å². The fraction of sp³-hybridized carbons (Fsp3) is 0.333. The Morgan fingerprint density at radius 2 is 1.77 bits per heavy atom. The molecule has 2 fully saturated rings. The fourth-order valence-corrected chi connectivity index (χ4v) is 7.73. The van der Waals surface area contributed by atoms with Crippen LogP contribution in [0.15, 0.2) is 59.8 Å². The van der Waals surface area contributed by atoms with Crippen molar-refractivity contribution in [2.75, 3.05) is 18.5 Å². The molecule has 12 nitrogen and oxygen atoms in total. The Labute approximate surface area is 248 Å². The SMILES string of the molecule is Cc1nc(C(=O)CN2[C@@H]3CC[C@H]2CC(c2nc4c(-c5ccc(-c6ccccc6)nc5)cnn4c(N)c2S(C)(=O)=O)C3)n[nH]1. The highest BCUT2D eigenvalue weighted by molar-refractivity contribution is 7.91. The highest BCUT2D eigenvalue weighted by Gasteiger charge is 2.44. The van der Waals surface area contributed by atoms with Gasteiger partial charge in [0.25, 0.3) is 0 Å². The number of piperidine rings is 1. The number of aromatic amines is 1. The van der Waals surface area contributed by atoms with Crippen molar-refractivity contribution in [1.29, 1.82) is 0 Å². The van der Waals surface area contributed by atoms with Gasteiger partial charge < -0.3 is 5.73 Å². The minimum absolute atomic E-state index is 0.0253. The number of nitrogen functional groups attached to an aromatic ring is 1. The van der Waals surface area contributed by atoms with Crippen molar-refractivity contribution in [2.45, 2.75) is 55.5 Å². The van der Waals surface area contributed by atoms with Crippen LogP contribution >= 0.6 is 0 Å². The smallest absolute Gasteiger partial charge is 0.218 e. The molecular weight excluding hydrogens is 566 g/mol. The predicted molar refractivity (Wildman–Crippen MR) is 160 cm³/mol. The Morgan fingerprint density at radius 3 is 2.40 bits per heavy atom. The van der Waals surface area contributed by atoms with E-state index < -0.39 is 9.84 Å². The molecule has 1 aromatic carbocycles. The van der Waals surface area contributed by atoms with Gasteiger partial charge in [0.05, 0.1) is 24.1 Å². The molecule has 1 unspecified atom stereocenters. The number of fused-ring (bicyclic) bond motifs is 3. The van der Waals surface area contributed by atoms with Crippen LogP contribution in [0, 0.1) is 6.92 Å². The van der Waals surface area contributed by atoms with Crippen LogP contribution in [-0.4, -0.2) is 78.7 Å². The van der Waals surface area contributed by atoms with Crippen LogP contribution in [0.2, 0.25) is 0 Å². The zero-order valence-corrected chi connectivity index (χ0v) is 24.6. The van der Waals surface area contributed by atoms with Crippen molar-refractivity contribution >= 4 is 27.1 Å². The van der Waals surface area contributed by atoms with Crippen molar-refractivity contribution in [3.8, 4) is 22.4 Å². The van der Waals surface area contributed by atoms with E-state index in [1.54, 1.807) is 19.3 Å². The van der Waals surface area contributed by atoms with Gasteiger partial charge in [-0.2, -0.15) is 14.7 Å². The van der Waals surface area contributed by atoms with Gasteiger partial charge in [0.2, 0.25) is 11.6 Å². The summed E-state index contributed by atoms with van der Waals surface area (Å²) in [4.78, 5) is 29.0. The van der Waals surface area contributed by atoms with Crippen LogP contribution in [0.4, 0.5) is 5.82 Å². The van der Waals surface area contributed by atoms with Crippen LogP contribution < -0.4 is 5.73 Å². The summed E-state index contributed by atoms with van der Waals surface area (Å²) in [5, 5.41) is 11.2. The first-order chi connectivity index (χ1) is 20.7. The summed E-state index contributed by atoms with van der Waals surface area (Å²) in [5.41, 5.74) is 10.9. The number of anilines is 1. The summed E-state index contributed by atoms with van der Waals surface area (Å²) < 4.78 is 27.6. The van der Waals surface area contributed by atoms with E-state index in [1.807, 2.05) is 42.5 Å². The molecule has 3 N–H and O–H groups in total. The Hall–Kier alpha value is -4.49. The van der Waals surface area contributed by atoms with Crippen LogP contribution in [0.25, 0.3) is 28.0 Å². The van der Waals surface area contributed by atoms with Crippen LogP contribution in [-0.2, 0) is 9.84 Å². The number of rotatable bonds is 7. The number of pyridine rings is 1. The number of nitrogens with one attached hydrogen (secondary N) is 1. The Kier molecular flexibility index (Phi) is 6.58. The molecule has 5 aromatic rings. The van der Waals surface area contributed by atoms with E-state index in [0.29, 0.717) is 35.6 Å². The largest absolute Gasteiger partial charge is 0.382 e. The van der Waals surface area contributed by atoms with E-state index in [4.69, 9.17) is 10.7 Å². The summed E-state index contributed by atoms with van der Waals surface area (Å²) in [5.74, 6) is 0.564. The lowest BCUT2D eigenvalue weighted by Crippen LogP contribution is -2.45. The van der Waals surface area contributed by atoms with Gasteiger partial charge in [0, 0.05) is 47.1 Å². The number of sulfone groups is 1. The van der Waals surface area contributed by atoms with E-state index in [9.17, 15) is 13.2 Å². The molecule has 0 amide bonds. The minimum Gasteiger partial charge on any atom is -0.382 e. The molecule has 4 aromatic heterocycles. The zero-order valence-electron chi connectivity index (χ0n) is 23.8. The number of hydrogen-bond donors (Lipinski definition) is 2. The summed E-state index contributed by atoms with van der Waals surface area (Å²) in [6, 6.07) is 14.0. The van der Waals surface area contributed by atoms with Crippen molar-refractivity contribution in [3.63, 3.8) is 0 Å². The molecule has 6 heterocycles. The number of carbonyl (C=O) groups excluding carboxylic acids is 1. The van der Waals surface area contributed by atoms with Crippen molar-refractivity contribution in [2.24, 2.45) is 0 Å². The average Bonchev–Trinajstić information content (AvgIpc) is 3.68. The zero-order chi connectivity index (χ0) is 29.9. The molecule has 2 aliphatic heterocycles. The van der Waals surface area contributed by atoms with E-state index >= 15 is 0 Å². The molecule has 0 radical (unpaired) electrons.